The SMILES string of the molecule is Cc1ccc(N2C(=O)C[C@H](N3CCN(C45CC6CC(CC(C6)C4)C5)CC3)C2=O)cc1Cl. The van der Waals surface area contributed by atoms with Crippen LogP contribution in [0.1, 0.15) is 50.5 Å². The highest BCUT2D eigenvalue weighted by molar-refractivity contribution is 6.32. The van der Waals surface area contributed by atoms with Crippen molar-refractivity contribution in [1.82, 2.24) is 9.80 Å². The first kappa shape index (κ1) is 20.2. The minimum Gasteiger partial charge on any atom is -0.295 e. The summed E-state index contributed by atoms with van der Waals surface area (Å²) in [6.45, 7) is 5.74. The fourth-order valence-electron chi connectivity index (χ4n) is 7.85. The summed E-state index contributed by atoms with van der Waals surface area (Å²) in [5, 5.41) is 0.589. The average Bonchev–Trinajstić information content (AvgIpc) is 3.03. The molecule has 4 aliphatic carbocycles. The molecule has 1 atom stereocenters. The van der Waals surface area contributed by atoms with Gasteiger partial charge in [-0.3, -0.25) is 19.4 Å². The molecule has 31 heavy (non-hydrogen) atoms. The van der Waals surface area contributed by atoms with Gasteiger partial charge in [-0.15, -0.1) is 0 Å². The molecule has 6 aliphatic rings. The third kappa shape index (κ3) is 3.27. The second-order valence-electron chi connectivity index (χ2n) is 10.9. The zero-order valence-electron chi connectivity index (χ0n) is 18.4. The van der Waals surface area contributed by atoms with Crippen LogP contribution in [0.4, 0.5) is 5.69 Å². The van der Waals surface area contributed by atoms with E-state index < -0.39 is 0 Å². The highest BCUT2D eigenvalue weighted by Crippen LogP contribution is 2.57. The Morgan fingerprint density at radius 3 is 2.13 bits per heavy atom. The van der Waals surface area contributed by atoms with Gasteiger partial charge < -0.3 is 0 Å². The molecule has 2 heterocycles. The Morgan fingerprint density at radius 2 is 1.55 bits per heavy atom. The quantitative estimate of drug-likeness (QED) is 0.668. The fourth-order valence-corrected chi connectivity index (χ4v) is 8.03. The molecule has 6 fully saturated rings. The monoisotopic (exact) mass is 441 g/mol. The summed E-state index contributed by atoms with van der Waals surface area (Å²) in [7, 11) is 0. The molecular formula is C25H32ClN3O2. The lowest BCUT2D eigenvalue weighted by Crippen LogP contribution is -2.64. The lowest BCUT2D eigenvalue weighted by molar-refractivity contribution is -0.125. The minimum absolute atomic E-state index is 0.0897. The lowest BCUT2D eigenvalue weighted by atomic mass is 9.52. The van der Waals surface area contributed by atoms with E-state index in [2.05, 4.69) is 9.80 Å². The zero-order valence-corrected chi connectivity index (χ0v) is 19.1. The summed E-state index contributed by atoms with van der Waals surface area (Å²) in [6, 6.07) is 5.10. The topological polar surface area (TPSA) is 43.9 Å². The van der Waals surface area contributed by atoms with Crippen molar-refractivity contribution >= 4 is 29.1 Å². The van der Waals surface area contributed by atoms with E-state index in [1.165, 1.54) is 43.4 Å². The Hall–Kier alpha value is -1.43. The van der Waals surface area contributed by atoms with Gasteiger partial charge in [-0.25, -0.2) is 4.90 Å². The molecule has 166 valence electrons. The van der Waals surface area contributed by atoms with Crippen molar-refractivity contribution in [1.29, 1.82) is 0 Å². The predicted octanol–water partition coefficient (Wildman–Crippen LogP) is 3.87. The van der Waals surface area contributed by atoms with Crippen LogP contribution in [0.2, 0.25) is 5.02 Å². The van der Waals surface area contributed by atoms with Crippen molar-refractivity contribution < 1.29 is 9.59 Å². The molecule has 4 saturated carbocycles. The molecule has 1 aromatic rings. The maximum absolute atomic E-state index is 13.2. The van der Waals surface area contributed by atoms with Gasteiger partial charge in [0, 0.05) is 36.7 Å². The number of amides is 2. The summed E-state index contributed by atoms with van der Waals surface area (Å²) in [4.78, 5) is 32.4. The third-order valence-corrected chi connectivity index (χ3v) is 9.38. The number of halogens is 1. The number of aryl methyl sites for hydroxylation is 1. The first-order valence-electron chi connectivity index (χ1n) is 12.0. The number of anilines is 1. The molecule has 6 heteroatoms. The number of carbonyl (C=O) groups is 2. The van der Waals surface area contributed by atoms with Gasteiger partial charge in [0.1, 0.15) is 0 Å². The summed E-state index contributed by atoms with van der Waals surface area (Å²) >= 11 is 6.25. The number of rotatable bonds is 3. The third-order valence-electron chi connectivity index (χ3n) is 8.97. The van der Waals surface area contributed by atoms with E-state index in [1.807, 2.05) is 19.1 Å². The maximum Gasteiger partial charge on any atom is 0.251 e. The van der Waals surface area contributed by atoms with E-state index in [9.17, 15) is 9.59 Å². The van der Waals surface area contributed by atoms with Crippen LogP contribution in [0.3, 0.4) is 0 Å². The van der Waals surface area contributed by atoms with E-state index in [0.29, 0.717) is 16.2 Å². The van der Waals surface area contributed by atoms with E-state index in [0.717, 1.165) is 49.5 Å². The number of hydrogen-bond acceptors (Lipinski definition) is 4. The zero-order chi connectivity index (χ0) is 21.3. The van der Waals surface area contributed by atoms with Crippen molar-refractivity contribution in [3.05, 3.63) is 28.8 Å². The molecule has 0 aromatic heterocycles. The van der Waals surface area contributed by atoms with Crippen molar-refractivity contribution in [2.75, 3.05) is 31.1 Å². The van der Waals surface area contributed by atoms with E-state index in [-0.39, 0.29) is 24.3 Å². The van der Waals surface area contributed by atoms with Gasteiger partial charge in [-0.2, -0.15) is 0 Å². The average molecular weight is 442 g/mol. The Balaban J connectivity index is 1.14. The molecule has 0 radical (unpaired) electrons. The number of hydrogen-bond donors (Lipinski definition) is 0. The van der Waals surface area contributed by atoms with Gasteiger partial charge in [-0.05, 0) is 80.9 Å². The molecule has 7 rings (SSSR count). The molecule has 2 amide bonds. The second kappa shape index (κ2) is 7.29. The molecule has 0 spiro atoms. The number of imide groups is 1. The molecule has 2 aliphatic heterocycles. The van der Waals surface area contributed by atoms with E-state index in [4.69, 9.17) is 11.6 Å². The number of carbonyl (C=O) groups excluding carboxylic acids is 2. The van der Waals surface area contributed by atoms with Crippen LogP contribution < -0.4 is 4.90 Å². The molecule has 4 bridgehead atoms. The Kier molecular flexibility index (Phi) is 4.75. The van der Waals surface area contributed by atoms with Gasteiger partial charge in [0.15, 0.2) is 0 Å². The second-order valence-corrected chi connectivity index (χ2v) is 11.3. The Labute approximate surface area is 189 Å². The van der Waals surface area contributed by atoms with Gasteiger partial charge in [0.05, 0.1) is 18.2 Å². The minimum atomic E-state index is -0.328. The highest BCUT2D eigenvalue weighted by atomic mass is 35.5. The Bertz CT molecular complexity index is 888. The van der Waals surface area contributed by atoms with Crippen molar-refractivity contribution in [2.45, 2.75) is 63.5 Å². The largest absolute Gasteiger partial charge is 0.295 e. The van der Waals surface area contributed by atoms with E-state index >= 15 is 0 Å². The predicted molar refractivity (Wildman–Crippen MR) is 121 cm³/mol. The van der Waals surface area contributed by atoms with Crippen molar-refractivity contribution in [3.63, 3.8) is 0 Å². The fraction of sp³-hybridized carbons (Fsp3) is 0.680. The Morgan fingerprint density at radius 1 is 0.935 bits per heavy atom. The molecule has 1 aromatic carbocycles. The van der Waals surface area contributed by atoms with Gasteiger partial charge in [0.2, 0.25) is 5.91 Å². The molecule has 5 nitrogen and oxygen atoms in total. The van der Waals surface area contributed by atoms with Gasteiger partial charge in [-0.1, -0.05) is 17.7 Å². The summed E-state index contributed by atoms with van der Waals surface area (Å²) in [6.07, 6.45) is 8.86. The van der Waals surface area contributed by atoms with Crippen LogP contribution >= 0.6 is 11.6 Å². The van der Waals surface area contributed by atoms with Crippen molar-refractivity contribution in [2.24, 2.45) is 17.8 Å². The number of piperazine rings is 1. The van der Waals surface area contributed by atoms with Crippen LogP contribution in [0.5, 0.6) is 0 Å². The van der Waals surface area contributed by atoms with Gasteiger partial charge in [0.25, 0.3) is 5.91 Å². The molecule has 0 unspecified atom stereocenters. The maximum atomic E-state index is 13.2. The van der Waals surface area contributed by atoms with Crippen LogP contribution in [0, 0.1) is 24.7 Å². The summed E-state index contributed by atoms with van der Waals surface area (Å²) in [5.74, 6) is 2.65. The standard InChI is InChI=1S/C25H32ClN3O2/c1-16-2-3-20(11-21(16)26)29-23(30)12-22(24(29)31)27-4-6-28(7-5-27)25-13-17-8-18(14-25)10-19(9-17)15-25/h2-3,11,17-19,22H,4-10,12-15H2,1H3/t17?,18?,19?,22-,25?/m0/s1. The molecule has 0 N–H and O–H groups in total. The van der Waals surface area contributed by atoms with Crippen LogP contribution in [0.25, 0.3) is 0 Å². The normalized spacial score (nSPS) is 38.5. The molecular weight excluding hydrogens is 410 g/mol. The lowest BCUT2D eigenvalue weighted by Gasteiger charge is -2.61. The smallest absolute Gasteiger partial charge is 0.251 e. The van der Waals surface area contributed by atoms with Gasteiger partial charge >= 0.3 is 0 Å². The first-order valence-corrected chi connectivity index (χ1v) is 12.4. The summed E-state index contributed by atoms with van der Waals surface area (Å²) in [5.41, 5.74) is 1.98. The number of benzene rings is 1. The first-order chi connectivity index (χ1) is 14.9. The summed E-state index contributed by atoms with van der Waals surface area (Å²) < 4.78 is 0. The number of nitrogens with zero attached hydrogens (tertiary/aromatic N) is 3. The van der Waals surface area contributed by atoms with Crippen molar-refractivity contribution in [3.8, 4) is 0 Å². The molecule has 2 saturated heterocycles. The van der Waals surface area contributed by atoms with E-state index in [1.54, 1.807) is 6.07 Å². The highest BCUT2D eigenvalue weighted by Gasteiger charge is 2.54. The van der Waals surface area contributed by atoms with Crippen LogP contribution in [-0.2, 0) is 9.59 Å². The van der Waals surface area contributed by atoms with Crippen LogP contribution in [-0.4, -0.2) is 59.4 Å². The van der Waals surface area contributed by atoms with Crippen LogP contribution in [0.15, 0.2) is 18.2 Å².